The van der Waals surface area contributed by atoms with E-state index in [1.54, 1.807) is 6.92 Å². The number of carbonyl (C=O) groups excluding carboxylic acids is 5. The molecule has 0 rings (SSSR count). The van der Waals surface area contributed by atoms with E-state index in [9.17, 15) is 63.6 Å². The molecule has 0 fully saturated rings. The van der Waals surface area contributed by atoms with Gasteiger partial charge in [0.05, 0.1) is 31.3 Å². The number of allylic oxidation sites excluding steroid dienone is 12. The van der Waals surface area contributed by atoms with E-state index in [4.69, 9.17) is 14.2 Å². The lowest BCUT2D eigenvalue weighted by Gasteiger charge is -2.23. The van der Waals surface area contributed by atoms with Crippen LogP contribution in [0.1, 0.15) is 279 Å². The smallest absolute Gasteiger partial charge is 0.307 e. The molecule has 512 valence electrons. The van der Waals surface area contributed by atoms with Crippen LogP contribution in [0.2, 0.25) is 0 Å². The number of aliphatic carboxylic acids is 4. The monoisotopic (exact) mass is 1260 g/mol. The summed E-state index contributed by atoms with van der Waals surface area (Å²) in [7, 11) is 0. The second-order valence-corrected chi connectivity index (χ2v) is 24.7. The fourth-order valence-corrected chi connectivity index (χ4v) is 11.0. The number of hydrogen-bond donors (Lipinski definition) is 4. The lowest BCUT2D eigenvalue weighted by Crippen LogP contribution is -2.28. The van der Waals surface area contributed by atoms with Gasteiger partial charge < -0.3 is 39.4 Å². The van der Waals surface area contributed by atoms with Crippen molar-refractivity contribution in [2.24, 2.45) is 41.4 Å². The molecule has 0 amide bonds. The predicted molar refractivity (Wildman–Crippen MR) is 356 cm³/mol. The molecule has 4 N–H and O–H groups in total. The molecule has 0 spiro atoms. The van der Waals surface area contributed by atoms with Gasteiger partial charge >= 0.3 is 41.8 Å². The molecule has 0 bridgehead atoms. The molecule has 0 saturated heterocycles. The van der Waals surface area contributed by atoms with E-state index in [1.807, 2.05) is 75.5 Å². The SMILES string of the molecule is CCCCCCCCC(/C=C/CCCCCCC(=O)OC(CCOC(=O)CCCCCCC/C=C\C/C=C\C=C\C(CC)C(CC(C)=O)C(=O)C(C)C)COC(=O)CCCCCCC/C=C\C=C\C(CCCCC)C(CC(=O)O)C(=O)O)C(CC(=O)O)C(=O)O. The number of carboxylic acids is 4. The summed E-state index contributed by atoms with van der Waals surface area (Å²) in [5, 5.41) is 38.2. The molecular formula is C74H120O16. The van der Waals surface area contributed by atoms with Gasteiger partial charge in [-0.1, -0.05) is 217 Å². The fraction of sp³-hybridized carbons (Fsp3) is 0.716. The van der Waals surface area contributed by atoms with Crippen LogP contribution < -0.4 is 0 Å². The van der Waals surface area contributed by atoms with E-state index in [-0.39, 0.29) is 92.4 Å². The molecule has 0 aromatic rings. The first-order chi connectivity index (χ1) is 43.3. The molecule has 7 atom stereocenters. The van der Waals surface area contributed by atoms with Gasteiger partial charge in [0.1, 0.15) is 24.3 Å². The highest BCUT2D eigenvalue weighted by atomic mass is 16.6. The van der Waals surface area contributed by atoms with Gasteiger partial charge in [0.15, 0.2) is 0 Å². The van der Waals surface area contributed by atoms with Gasteiger partial charge in [0, 0.05) is 43.9 Å². The quantitative estimate of drug-likeness (QED) is 0.0145. The Kier molecular flexibility index (Phi) is 53.3. The summed E-state index contributed by atoms with van der Waals surface area (Å²) in [4.78, 5) is 110. The minimum atomic E-state index is -1.12. The fourth-order valence-electron chi connectivity index (χ4n) is 11.0. The Balaban J connectivity index is 5.17. The van der Waals surface area contributed by atoms with Crippen molar-refractivity contribution in [3.63, 3.8) is 0 Å². The number of ketones is 2. The van der Waals surface area contributed by atoms with Crippen molar-refractivity contribution >= 4 is 53.4 Å². The molecule has 0 radical (unpaired) electrons. The number of ether oxygens (including phenoxy) is 3. The van der Waals surface area contributed by atoms with Crippen molar-refractivity contribution in [1.29, 1.82) is 0 Å². The number of Topliss-reactive ketones (excluding diaryl/α,β-unsaturated/α-hetero) is 2. The van der Waals surface area contributed by atoms with Gasteiger partial charge in [-0.15, -0.1) is 0 Å². The zero-order valence-corrected chi connectivity index (χ0v) is 56.3. The molecule has 0 aromatic heterocycles. The van der Waals surface area contributed by atoms with Gasteiger partial charge in [-0.25, -0.2) is 0 Å². The van der Waals surface area contributed by atoms with E-state index in [1.165, 1.54) is 0 Å². The minimum absolute atomic E-state index is 0.00612. The molecule has 7 unspecified atom stereocenters. The summed E-state index contributed by atoms with van der Waals surface area (Å²) >= 11 is 0. The molecule has 16 nitrogen and oxygen atoms in total. The van der Waals surface area contributed by atoms with E-state index in [2.05, 4.69) is 32.1 Å². The Morgan fingerprint density at radius 1 is 0.411 bits per heavy atom. The van der Waals surface area contributed by atoms with Crippen molar-refractivity contribution in [2.75, 3.05) is 13.2 Å². The normalized spacial score (nSPS) is 14.4. The first-order valence-corrected chi connectivity index (χ1v) is 34.7. The lowest BCUT2D eigenvalue weighted by atomic mass is 9.79. The van der Waals surface area contributed by atoms with E-state index in [0.717, 1.165) is 154 Å². The number of carbonyl (C=O) groups is 9. The van der Waals surface area contributed by atoms with Gasteiger partial charge in [-0.05, 0) is 108 Å². The molecule has 0 aliphatic rings. The van der Waals surface area contributed by atoms with Crippen molar-refractivity contribution in [3.8, 4) is 0 Å². The topological polar surface area (TPSA) is 262 Å². The average Bonchev–Trinajstić information content (AvgIpc) is 3.41. The molecule has 0 aromatic carbocycles. The minimum Gasteiger partial charge on any atom is -0.481 e. The predicted octanol–water partition coefficient (Wildman–Crippen LogP) is 17.7. The van der Waals surface area contributed by atoms with Crippen LogP contribution in [-0.4, -0.2) is 93.1 Å². The second-order valence-electron chi connectivity index (χ2n) is 24.7. The van der Waals surface area contributed by atoms with Crippen LogP contribution in [0.3, 0.4) is 0 Å². The van der Waals surface area contributed by atoms with Gasteiger partial charge in [-0.3, -0.25) is 38.4 Å². The highest BCUT2D eigenvalue weighted by Crippen LogP contribution is 2.28. The second kappa shape index (κ2) is 57.0. The maximum absolute atomic E-state index is 13.1. The number of unbranched alkanes of at least 4 members (excludes halogenated alkanes) is 21. The third kappa shape index (κ3) is 47.9. The summed E-state index contributed by atoms with van der Waals surface area (Å²) in [6, 6.07) is 0. The van der Waals surface area contributed by atoms with Gasteiger partial charge in [-0.2, -0.15) is 0 Å². The van der Waals surface area contributed by atoms with Crippen molar-refractivity contribution in [1.82, 2.24) is 0 Å². The van der Waals surface area contributed by atoms with Crippen LogP contribution in [0.25, 0.3) is 0 Å². The summed E-state index contributed by atoms with van der Waals surface area (Å²) in [5.41, 5.74) is 0. The number of esters is 3. The molecule has 90 heavy (non-hydrogen) atoms. The van der Waals surface area contributed by atoms with Gasteiger partial charge in [0.2, 0.25) is 0 Å². The Bertz CT molecular complexity index is 2170. The highest BCUT2D eigenvalue weighted by molar-refractivity contribution is 5.88. The maximum Gasteiger partial charge on any atom is 0.307 e. The Morgan fingerprint density at radius 2 is 0.856 bits per heavy atom. The average molecular weight is 1270 g/mol. The zero-order valence-electron chi connectivity index (χ0n) is 56.3. The first-order valence-electron chi connectivity index (χ1n) is 34.7. The van der Waals surface area contributed by atoms with Crippen LogP contribution in [0.4, 0.5) is 0 Å². The number of hydrogen-bond acceptors (Lipinski definition) is 12. The van der Waals surface area contributed by atoms with Crippen LogP contribution in [0, 0.1) is 41.4 Å². The summed E-state index contributed by atoms with van der Waals surface area (Å²) < 4.78 is 16.9. The summed E-state index contributed by atoms with van der Waals surface area (Å²) in [6.45, 7) is 11.4. The Morgan fingerprint density at radius 3 is 1.38 bits per heavy atom. The van der Waals surface area contributed by atoms with E-state index < -0.39 is 66.6 Å². The zero-order chi connectivity index (χ0) is 67.0. The van der Waals surface area contributed by atoms with Crippen LogP contribution >= 0.6 is 0 Å². The summed E-state index contributed by atoms with van der Waals surface area (Å²) in [5.74, 6) is -8.47. The highest BCUT2D eigenvalue weighted by Gasteiger charge is 2.31. The summed E-state index contributed by atoms with van der Waals surface area (Å²) in [6.07, 6.45) is 49.6. The molecule has 0 aliphatic heterocycles. The largest absolute Gasteiger partial charge is 0.481 e. The third-order valence-corrected chi connectivity index (χ3v) is 16.4. The Hall–Kier alpha value is -5.93. The molecule has 0 saturated carbocycles. The van der Waals surface area contributed by atoms with Crippen LogP contribution in [0.15, 0.2) is 72.9 Å². The van der Waals surface area contributed by atoms with Crippen molar-refractivity contribution in [3.05, 3.63) is 72.9 Å². The molecule has 0 aliphatic carbocycles. The van der Waals surface area contributed by atoms with Crippen LogP contribution in [-0.2, 0) is 57.4 Å². The Labute approximate surface area is 541 Å². The van der Waals surface area contributed by atoms with E-state index >= 15 is 0 Å². The van der Waals surface area contributed by atoms with E-state index in [0.29, 0.717) is 38.5 Å². The maximum atomic E-state index is 13.1. The van der Waals surface area contributed by atoms with Gasteiger partial charge in [0.25, 0.3) is 0 Å². The lowest BCUT2D eigenvalue weighted by molar-refractivity contribution is -0.161. The molecule has 0 heterocycles. The molecule has 16 heteroatoms. The third-order valence-electron chi connectivity index (χ3n) is 16.4. The van der Waals surface area contributed by atoms with Crippen LogP contribution in [0.5, 0.6) is 0 Å². The number of rotatable bonds is 61. The van der Waals surface area contributed by atoms with Crippen molar-refractivity contribution in [2.45, 2.75) is 285 Å². The molecular weight excluding hydrogens is 1140 g/mol. The standard InChI is InChI=1S/C74H120O16/c1-7-10-12-13-29-38-47-62(66(74(86)87)56-68(78)79)48-40-32-27-28-35-43-51-71(82)90-63(57-89-70(81)50-42-34-26-22-18-20-24-31-39-46-61(45-36-11-8-2)65(73(84)85)55-67(76)77)52-53-88-69(80)49-41-33-25-21-17-15-14-16-19-23-30-37-44-60(9-3)64(54-59(6)75)72(83)58(4)5/h14,16,23-24,30-31,37,39-40,44,46,48,58,60-66H,7-13,15,17-22,25-29,32-36,38,41-43,45,47,49-57H2,1-6H3,(H,76,77)(H,78,79)(H,84,85)(H,86,87)/b16-14-,30-23-,31-24-,44-37+,46-39+,48-40+. The number of carboxylic acid groups (broad SMARTS) is 4. The first kappa shape index (κ1) is 84.1. The van der Waals surface area contributed by atoms with Crippen molar-refractivity contribution < 1.29 is 77.8 Å².